The molecule has 0 spiro atoms. The number of aromatic nitrogens is 4. The summed E-state index contributed by atoms with van der Waals surface area (Å²) in [6.07, 6.45) is 3.42. The Balaban J connectivity index is 1.47. The van der Waals surface area contributed by atoms with Crippen LogP contribution in [0.5, 0.6) is 0 Å². The second-order valence-corrected chi connectivity index (χ2v) is 14.7. The highest BCUT2D eigenvalue weighted by Gasteiger charge is 2.21. The summed E-state index contributed by atoms with van der Waals surface area (Å²) in [6.45, 7) is 13.6. The van der Waals surface area contributed by atoms with Gasteiger partial charge in [-0.1, -0.05) is 90.1 Å². The minimum Gasteiger partial charge on any atom is -0.309 e. The van der Waals surface area contributed by atoms with Crippen LogP contribution in [0.15, 0.2) is 116 Å². The topological polar surface area (TPSA) is 51.5 Å². The third kappa shape index (κ3) is 4.63. The quantitative estimate of drug-likeness (QED) is 0.200. The lowest BCUT2D eigenvalue weighted by atomic mass is 9.86. The Morgan fingerprint density at radius 2 is 0.979 bits per heavy atom. The molecule has 5 heteroatoms. The van der Waals surface area contributed by atoms with Gasteiger partial charge in [-0.25, -0.2) is 4.68 Å². The van der Waals surface area contributed by atoms with Crippen LogP contribution in [-0.4, -0.2) is 18.9 Å². The average Bonchev–Trinajstić information content (AvgIpc) is 3.76. The summed E-state index contributed by atoms with van der Waals surface area (Å²) in [5.41, 5.74) is 10.7. The average molecular weight is 612 g/mol. The zero-order valence-electron chi connectivity index (χ0n) is 27.7. The Kier molecular flexibility index (Phi) is 6.26. The minimum absolute atomic E-state index is 0.0341. The highest BCUT2D eigenvalue weighted by atomic mass is 15.3. The van der Waals surface area contributed by atoms with Gasteiger partial charge in [0.2, 0.25) is 0 Å². The van der Waals surface area contributed by atoms with Crippen molar-refractivity contribution in [1.29, 1.82) is 5.26 Å². The first kappa shape index (κ1) is 28.8. The summed E-state index contributed by atoms with van der Waals surface area (Å²) < 4.78 is 6.54. The van der Waals surface area contributed by atoms with Crippen LogP contribution in [0.4, 0.5) is 0 Å². The van der Waals surface area contributed by atoms with E-state index in [1.54, 1.807) is 12.4 Å². The number of hydrogen-bond acceptors (Lipinski definition) is 2. The second kappa shape index (κ2) is 10.2. The van der Waals surface area contributed by atoms with Crippen molar-refractivity contribution in [2.75, 3.05) is 0 Å². The maximum atomic E-state index is 9.63. The van der Waals surface area contributed by atoms with Crippen molar-refractivity contribution in [2.24, 2.45) is 0 Å². The molecule has 8 aromatic rings. The van der Waals surface area contributed by atoms with Gasteiger partial charge in [0, 0.05) is 27.7 Å². The first-order chi connectivity index (χ1) is 22.5. The molecule has 3 heterocycles. The first-order valence-electron chi connectivity index (χ1n) is 16.2. The first-order valence-corrected chi connectivity index (χ1v) is 16.2. The third-order valence-corrected chi connectivity index (χ3v) is 9.46. The zero-order chi connectivity index (χ0) is 32.7. The molecule has 8 rings (SSSR count). The molecule has 0 bridgehead atoms. The Morgan fingerprint density at radius 1 is 0.532 bits per heavy atom. The number of rotatable bonds is 3. The predicted molar refractivity (Wildman–Crippen MR) is 194 cm³/mol. The van der Waals surface area contributed by atoms with Crippen LogP contribution in [0.25, 0.3) is 60.7 Å². The van der Waals surface area contributed by atoms with Gasteiger partial charge in [-0.15, -0.1) is 0 Å². The third-order valence-electron chi connectivity index (χ3n) is 9.46. The van der Waals surface area contributed by atoms with Gasteiger partial charge in [-0.05, 0) is 76.6 Å². The monoisotopic (exact) mass is 611 g/mol. The second-order valence-electron chi connectivity index (χ2n) is 14.7. The van der Waals surface area contributed by atoms with E-state index in [1.807, 2.05) is 4.68 Å². The van der Waals surface area contributed by atoms with Gasteiger partial charge in [0.15, 0.2) is 0 Å². The van der Waals surface area contributed by atoms with Crippen LogP contribution in [0.1, 0.15) is 58.2 Å². The van der Waals surface area contributed by atoms with Crippen molar-refractivity contribution < 1.29 is 0 Å². The number of para-hydroxylation sites is 2. The molecule has 0 unspecified atom stereocenters. The lowest BCUT2D eigenvalue weighted by Crippen LogP contribution is -2.10. The summed E-state index contributed by atoms with van der Waals surface area (Å²) in [6, 6.07) is 39.9. The highest BCUT2D eigenvalue weighted by molar-refractivity contribution is 6.11. The maximum absolute atomic E-state index is 9.63. The smallest absolute Gasteiger partial charge is 0.102 e. The van der Waals surface area contributed by atoms with E-state index >= 15 is 0 Å². The Labute approximate surface area is 274 Å². The van der Waals surface area contributed by atoms with Crippen LogP contribution >= 0.6 is 0 Å². The Morgan fingerprint density at radius 3 is 1.43 bits per heavy atom. The fourth-order valence-electron chi connectivity index (χ4n) is 6.93. The molecule has 47 heavy (non-hydrogen) atoms. The SMILES string of the molecule is CC(C)(C)c1ccc2c(c1)c1ccccc1n2-c1cc(-n2cc(C#N)cn2)cc(-n2c3ccccc3c3cc(C(C)(C)C)ccc32)c1. The summed E-state index contributed by atoms with van der Waals surface area (Å²) in [4.78, 5) is 0. The van der Waals surface area contributed by atoms with Crippen LogP contribution < -0.4 is 0 Å². The van der Waals surface area contributed by atoms with Gasteiger partial charge in [0.05, 0.1) is 50.9 Å². The summed E-state index contributed by atoms with van der Waals surface area (Å²) in [5.74, 6) is 0. The van der Waals surface area contributed by atoms with Crippen molar-refractivity contribution >= 4 is 43.6 Å². The molecule has 0 aliphatic heterocycles. The number of nitrogens with zero attached hydrogens (tertiary/aromatic N) is 5. The molecule has 0 saturated carbocycles. The largest absolute Gasteiger partial charge is 0.309 e. The number of fused-ring (bicyclic) bond motifs is 6. The molecule has 0 N–H and O–H groups in total. The van der Waals surface area contributed by atoms with E-state index in [0.717, 1.165) is 39.1 Å². The van der Waals surface area contributed by atoms with E-state index in [9.17, 15) is 5.26 Å². The molecule has 3 aromatic heterocycles. The van der Waals surface area contributed by atoms with Gasteiger partial charge in [0.1, 0.15) is 6.07 Å². The molecular formula is C42H37N5. The molecule has 0 atom stereocenters. The molecule has 0 radical (unpaired) electrons. The fourth-order valence-corrected chi connectivity index (χ4v) is 6.93. The van der Waals surface area contributed by atoms with Gasteiger partial charge >= 0.3 is 0 Å². The van der Waals surface area contributed by atoms with E-state index in [-0.39, 0.29) is 10.8 Å². The van der Waals surface area contributed by atoms with E-state index in [0.29, 0.717) is 5.56 Å². The molecular weight excluding hydrogens is 574 g/mol. The van der Waals surface area contributed by atoms with E-state index in [1.165, 1.54) is 32.7 Å². The number of nitriles is 1. The number of hydrogen-bond donors (Lipinski definition) is 0. The van der Waals surface area contributed by atoms with Crippen molar-refractivity contribution in [1.82, 2.24) is 18.9 Å². The Hall–Kier alpha value is -5.60. The molecule has 0 aliphatic carbocycles. The van der Waals surface area contributed by atoms with Crippen molar-refractivity contribution in [3.8, 4) is 23.1 Å². The summed E-state index contributed by atoms with van der Waals surface area (Å²) in [5, 5.41) is 19.1. The molecule has 0 amide bonds. The van der Waals surface area contributed by atoms with Gasteiger partial charge in [-0.2, -0.15) is 10.4 Å². The van der Waals surface area contributed by atoms with Crippen LogP contribution in [0.2, 0.25) is 0 Å². The van der Waals surface area contributed by atoms with Crippen molar-refractivity contribution in [2.45, 2.75) is 52.4 Å². The van der Waals surface area contributed by atoms with Crippen LogP contribution in [0, 0.1) is 11.3 Å². The van der Waals surface area contributed by atoms with Crippen molar-refractivity contribution in [3.63, 3.8) is 0 Å². The molecule has 0 fully saturated rings. The van der Waals surface area contributed by atoms with E-state index in [2.05, 4.69) is 165 Å². The zero-order valence-corrected chi connectivity index (χ0v) is 27.7. The summed E-state index contributed by atoms with van der Waals surface area (Å²) in [7, 11) is 0. The van der Waals surface area contributed by atoms with Crippen LogP contribution in [0.3, 0.4) is 0 Å². The predicted octanol–water partition coefficient (Wildman–Crippen LogP) is 10.5. The van der Waals surface area contributed by atoms with Gasteiger partial charge in [-0.3, -0.25) is 0 Å². The fraction of sp³-hybridized carbons (Fsp3) is 0.190. The van der Waals surface area contributed by atoms with Crippen molar-refractivity contribution in [3.05, 3.63) is 132 Å². The standard InChI is InChI=1S/C42H37N5/c1-41(2,3)28-15-17-39-35(19-28)33-11-7-9-13-37(33)46(39)31-21-30(45-26-27(24-43)25-44-45)22-32(23-31)47-38-14-10-8-12-34(38)36-20-29(42(4,5)6)16-18-40(36)47/h7-23,25-26H,1-6H3. The molecule has 5 aromatic carbocycles. The highest BCUT2D eigenvalue weighted by Crippen LogP contribution is 2.39. The van der Waals surface area contributed by atoms with Gasteiger partial charge < -0.3 is 9.13 Å². The maximum Gasteiger partial charge on any atom is 0.102 e. The normalized spacial score (nSPS) is 12.4. The molecule has 230 valence electrons. The number of benzene rings is 5. The lowest BCUT2D eigenvalue weighted by molar-refractivity contribution is 0.591. The molecule has 0 aliphatic rings. The van der Waals surface area contributed by atoms with Crippen LogP contribution in [-0.2, 0) is 10.8 Å². The molecule has 5 nitrogen and oxygen atoms in total. The van der Waals surface area contributed by atoms with Gasteiger partial charge in [0.25, 0.3) is 0 Å². The summed E-state index contributed by atoms with van der Waals surface area (Å²) >= 11 is 0. The molecule has 0 saturated heterocycles. The lowest BCUT2D eigenvalue weighted by Gasteiger charge is -2.20. The Bertz CT molecular complexity index is 2400. The minimum atomic E-state index is 0.0341. The van der Waals surface area contributed by atoms with E-state index in [4.69, 9.17) is 0 Å². The van der Waals surface area contributed by atoms with E-state index < -0.39 is 0 Å².